The molecule has 5 nitrogen and oxygen atoms in total. The third-order valence-corrected chi connectivity index (χ3v) is 5.79. The lowest BCUT2D eigenvalue weighted by molar-refractivity contribution is -0.122. The van der Waals surface area contributed by atoms with E-state index in [1.54, 1.807) is 30.3 Å². The van der Waals surface area contributed by atoms with Crippen LogP contribution in [0.2, 0.25) is 0 Å². The van der Waals surface area contributed by atoms with Gasteiger partial charge in [0.05, 0.1) is 11.4 Å². The first-order chi connectivity index (χ1) is 14.0. The van der Waals surface area contributed by atoms with Crippen LogP contribution >= 0.6 is 11.8 Å². The maximum atomic E-state index is 12.8. The predicted molar refractivity (Wildman–Crippen MR) is 116 cm³/mol. The minimum atomic E-state index is -0.425. The molecule has 0 N–H and O–H groups in total. The normalized spacial score (nSPS) is 15.8. The van der Waals surface area contributed by atoms with Gasteiger partial charge in [0.1, 0.15) is 0 Å². The molecule has 1 aliphatic heterocycles. The number of carbonyl (C=O) groups is 3. The highest BCUT2D eigenvalue weighted by Crippen LogP contribution is 2.34. The molecule has 0 atom stereocenters. The molecule has 6 heteroatoms. The van der Waals surface area contributed by atoms with Gasteiger partial charge in [-0.05, 0) is 37.8 Å². The van der Waals surface area contributed by atoms with E-state index < -0.39 is 11.1 Å². The van der Waals surface area contributed by atoms with Crippen molar-refractivity contribution in [3.05, 3.63) is 76.8 Å². The molecular weight excluding hydrogens is 384 g/mol. The van der Waals surface area contributed by atoms with Crippen molar-refractivity contribution >= 4 is 45.7 Å². The molecule has 1 aliphatic rings. The van der Waals surface area contributed by atoms with Crippen molar-refractivity contribution in [2.45, 2.75) is 19.9 Å². The van der Waals surface area contributed by atoms with Gasteiger partial charge in [-0.25, -0.2) is 0 Å². The summed E-state index contributed by atoms with van der Waals surface area (Å²) < 4.78 is 2.14. The highest BCUT2D eigenvalue weighted by atomic mass is 32.2. The molecule has 2 heterocycles. The summed E-state index contributed by atoms with van der Waals surface area (Å²) in [7, 11) is 0. The third kappa shape index (κ3) is 3.63. The number of thioether (sulfide) groups is 1. The van der Waals surface area contributed by atoms with Crippen molar-refractivity contribution in [1.29, 1.82) is 0 Å². The number of ketones is 1. The largest absolute Gasteiger partial charge is 0.344 e. The zero-order valence-corrected chi connectivity index (χ0v) is 17.0. The van der Waals surface area contributed by atoms with Crippen LogP contribution in [0.3, 0.4) is 0 Å². The molecule has 0 saturated carbocycles. The van der Waals surface area contributed by atoms with Gasteiger partial charge in [0.2, 0.25) is 0 Å². The number of para-hydroxylation sites is 1. The second-order valence-electron chi connectivity index (χ2n) is 7.16. The first-order valence-corrected chi connectivity index (χ1v) is 10.2. The predicted octanol–water partition coefficient (Wildman–Crippen LogP) is 5.14. The molecule has 1 fully saturated rings. The number of nitrogens with zero attached hydrogens (tertiary/aromatic N) is 2. The molecule has 2 amide bonds. The fraction of sp³-hybridized carbons (Fsp3) is 0.174. The summed E-state index contributed by atoms with van der Waals surface area (Å²) in [6, 6.07) is 16.9. The average molecular weight is 404 g/mol. The topological polar surface area (TPSA) is 59.4 Å². The van der Waals surface area contributed by atoms with Gasteiger partial charge >= 0.3 is 0 Å². The molecule has 0 unspecified atom stereocenters. The van der Waals surface area contributed by atoms with Crippen molar-refractivity contribution in [2.75, 3.05) is 6.54 Å². The lowest BCUT2D eigenvalue weighted by atomic mass is 10.1. The zero-order chi connectivity index (χ0) is 20.5. The Morgan fingerprint density at radius 3 is 2.45 bits per heavy atom. The first kappa shape index (κ1) is 19.2. The van der Waals surface area contributed by atoms with Crippen LogP contribution in [0.5, 0.6) is 0 Å². The van der Waals surface area contributed by atoms with Crippen LogP contribution in [0.15, 0.2) is 65.7 Å². The second-order valence-corrected chi connectivity index (χ2v) is 8.15. The number of aromatic nitrogens is 1. The smallest absolute Gasteiger partial charge is 0.293 e. The van der Waals surface area contributed by atoms with E-state index in [9.17, 15) is 14.4 Å². The molecular formula is C23H20N2O3S. The number of imide groups is 1. The quantitative estimate of drug-likeness (QED) is 0.436. The van der Waals surface area contributed by atoms with Crippen molar-refractivity contribution < 1.29 is 14.4 Å². The Balaban J connectivity index is 1.63. The zero-order valence-electron chi connectivity index (χ0n) is 16.2. The minimum absolute atomic E-state index is 0.250. The van der Waals surface area contributed by atoms with Gasteiger partial charge in [-0.2, -0.15) is 0 Å². The molecule has 4 rings (SSSR count). The van der Waals surface area contributed by atoms with E-state index in [1.807, 2.05) is 36.5 Å². The maximum absolute atomic E-state index is 12.8. The fourth-order valence-electron chi connectivity index (χ4n) is 3.41. The van der Waals surface area contributed by atoms with Crippen LogP contribution in [0.1, 0.15) is 35.8 Å². The molecule has 1 aromatic heterocycles. The van der Waals surface area contributed by atoms with E-state index in [0.717, 1.165) is 33.1 Å². The standard InChI is InChI=1S/C23H20N2O3S/c1-15(2)24-13-17(18-10-6-7-11-19(18)24)12-21-22(27)25(23(28)29-21)14-20(26)16-8-4-3-5-9-16/h3-13,15H,14H2,1-2H3/b21-12+. The number of hydrogen-bond donors (Lipinski definition) is 0. The van der Waals surface area contributed by atoms with E-state index in [2.05, 4.69) is 18.4 Å². The van der Waals surface area contributed by atoms with E-state index in [0.29, 0.717) is 10.5 Å². The molecule has 1 saturated heterocycles. The van der Waals surface area contributed by atoms with Crippen molar-refractivity contribution in [2.24, 2.45) is 0 Å². The van der Waals surface area contributed by atoms with Crippen molar-refractivity contribution in [3.8, 4) is 0 Å². The molecule has 0 radical (unpaired) electrons. The van der Waals surface area contributed by atoms with Gasteiger partial charge < -0.3 is 4.57 Å². The Bertz CT molecular complexity index is 1150. The van der Waals surface area contributed by atoms with Crippen LogP contribution in [-0.4, -0.2) is 32.9 Å². The number of Topliss-reactive ketones (excluding diaryl/α,β-unsaturated/α-hetero) is 1. The van der Waals surface area contributed by atoms with Crippen LogP contribution in [0, 0.1) is 0 Å². The number of hydrogen-bond acceptors (Lipinski definition) is 4. The number of benzene rings is 2. The molecule has 3 aromatic rings. The van der Waals surface area contributed by atoms with Gasteiger partial charge in [0.25, 0.3) is 11.1 Å². The van der Waals surface area contributed by atoms with Gasteiger partial charge in [-0.1, -0.05) is 48.5 Å². The lowest BCUT2D eigenvalue weighted by Gasteiger charge is -2.11. The highest BCUT2D eigenvalue weighted by Gasteiger charge is 2.36. The molecule has 146 valence electrons. The third-order valence-electron chi connectivity index (χ3n) is 4.89. The summed E-state index contributed by atoms with van der Waals surface area (Å²) >= 11 is 0.877. The number of rotatable bonds is 5. The molecule has 29 heavy (non-hydrogen) atoms. The number of amides is 2. The van der Waals surface area contributed by atoms with Crippen molar-refractivity contribution in [1.82, 2.24) is 9.47 Å². The lowest BCUT2D eigenvalue weighted by Crippen LogP contribution is -2.33. The van der Waals surface area contributed by atoms with Gasteiger partial charge in [0.15, 0.2) is 5.78 Å². The van der Waals surface area contributed by atoms with Crippen LogP contribution in [-0.2, 0) is 4.79 Å². The van der Waals surface area contributed by atoms with Crippen LogP contribution in [0.25, 0.3) is 17.0 Å². The summed E-state index contributed by atoms with van der Waals surface area (Å²) in [4.78, 5) is 39.0. The molecule has 2 aromatic carbocycles. The second kappa shape index (κ2) is 7.72. The summed E-state index contributed by atoms with van der Waals surface area (Å²) in [5.41, 5.74) is 2.44. The van der Waals surface area contributed by atoms with Crippen LogP contribution < -0.4 is 0 Å². The SMILES string of the molecule is CC(C)n1cc(/C=C2/SC(=O)N(CC(=O)c3ccccc3)C2=O)c2ccccc21. The van der Waals surface area contributed by atoms with Crippen molar-refractivity contribution in [3.63, 3.8) is 0 Å². The van der Waals surface area contributed by atoms with E-state index >= 15 is 0 Å². The summed E-state index contributed by atoms with van der Waals surface area (Å²) in [5, 5.41) is 0.603. The number of fused-ring (bicyclic) bond motifs is 1. The highest BCUT2D eigenvalue weighted by molar-refractivity contribution is 8.18. The molecule has 0 aliphatic carbocycles. The summed E-state index contributed by atoms with van der Waals surface area (Å²) in [6.07, 6.45) is 3.75. The monoisotopic (exact) mass is 404 g/mol. The Morgan fingerprint density at radius 1 is 1.03 bits per heavy atom. The molecule has 0 spiro atoms. The van der Waals surface area contributed by atoms with E-state index in [1.165, 1.54) is 0 Å². The summed E-state index contributed by atoms with van der Waals surface area (Å²) in [5.74, 6) is -0.684. The van der Waals surface area contributed by atoms with E-state index in [4.69, 9.17) is 0 Å². The number of carbonyl (C=O) groups excluding carboxylic acids is 3. The van der Waals surface area contributed by atoms with Crippen LogP contribution in [0.4, 0.5) is 4.79 Å². The maximum Gasteiger partial charge on any atom is 0.293 e. The Kier molecular flexibility index (Phi) is 5.11. The Morgan fingerprint density at radius 2 is 1.72 bits per heavy atom. The first-order valence-electron chi connectivity index (χ1n) is 9.39. The van der Waals surface area contributed by atoms with Gasteiger partial charge in [0, 0.05) is 34.3 Å². The van der Waals surface area contributed by atoms with Gasteiger partial charge in [-0.3, -0.25) is 19.3 Å². The molecule has 0 bridgehead atoms. The summed E-state index contributed by atoms with van der Waals surface area (Å²) in [6.45, 7) is 3.94. The minimum Gasteiger partial charge on any atom is -0.344 e. The Hall–Kier alpha value is -3.12. The van der Waals surface area contributed by atoms with E-state index in [-0.39, 0.29) is 18.4 Å². The average Bonchev–Trinajstić information content (AvgIpc) is 3.22. The Labute approximate surface area is 173 Å². The fourth-order valence-corrected chi connectivity index (χ4v) is 4.24. The van der Waals surface area contributed by atoms with Gasteiger partial charge in [-0.15, -0.1) is 0 Å².